The standard InChI is InChI=1S/C23H28N4O2S/c1-4-5-15-27-22(19-11-13-20(29-3)14-12-19)25-26-23(27)30-16-21(28)24-17(2)18-9-7-6-8-10-18/h6-14,17H,4-5,15-16H2,1-3H3,(H,24,28)/t17-/m0/s1. The van der Waals surface area contributed by atoms with Crippen LogP contribution in [0.2, 0.25) is 0 Å². The molecule has 1 heterocycles. The summed E-state index contributed by atoms with van der Waals surface area (Å²) in [6, 6.07) is 17.7. The minimum Gasteiger partial charge on any atom is -0.497 e. The Labute approximate surface area is 182 Å². The van der Waals surface area contributed by atoms with Crippen LogP contribution < -0.4 is 10.1 Å². The molecule has 3 rings (SSSR count). The molecule has 6 nitrogen and oxygen atoms in total. The SMILES string of the molecule is CCCCn1c(SCC(=O)N[C@@H](C)c2ccccc2)nnc1-c1ccc(OC)cc1. The van der Waals surface area contributed by atoms with Crippen LogP contribution in [0.15, 0.2) is 59.8 Å². The second-order valence-electron chi connectivity index (χ2n) is 7.03. The van der Waals surface area contributed by atoms with Gasteiger partial charge in [0.2, 0.25) is 5.91 Å². The van der Waals surface area contributed by atoms with E-state index < -0.39 is 0 Å². The Morgan fingerprint density at radius 3 is 2.53 bits per heavy atom. The van der Waals surface area contributed by atoms with E-state index in [9.17, 15) is 4.79 Å². The third kappa shape index (κ3) is 5.63. The number of methoxy groups -OCH3 is 1. The molecule has 0 aliphatic carbocycles. The fourth-order valence-electron chi connectivity index (χ4n) is 3.11. The molecule has 2 aromatic carbocycles. The normalized spacial score (nSPS) is 11.8. The predicted molar refractivity (Wildman–Crippen MR) is 121 cm³/mol. The fraction of sp³-hybridized carbons (Fsp3) is 0.348. The van der Waals surface area contributed by atoms with E-state index in [2.05, 4.69) is 27.0 Å². The van der Waals surface area contributed by atoms with Crippen molar-refractivity contribution in [2.45, 2.75) is 44.4 Å². The third-order valence-electron chi connectivity index (χ3n) is 4.81. The van der Waals surface area contributed by atoms with Gasteiger partial charge in [0, 0.05) is 12.1 Å². The smallest absolute Gasteiger partial charge is 0.230 e. The molecule has 0 fully saturated rings. The van der Waals surface area contributed by atoms with Crippen LogP contribution in [-0.4, -0.2) is 33.5 Å². The van der Waals surface area contributed by atoms with E-state index in [-0.39, 0.29) is 11.9 Å². The van der Waals surface area contributed by atoms with Crippen molar-refractivity contribution in [2.75, 3.05) is 12.9 Å². The summed E-state index contributed by atoms with van der Waals surface area (Å²) in [5.41, 5.74) is 2.07. The number of hydrogen-bond donors (Lipinski definition) is 1. The minimum absolute atomic E-state index is 0.0209. The second kappa shape index (κ2) is 10.8. The summed E-state index contributed by atoms with van der Waals surface area (Å²) in [5.74, 6) is 1.89. The van der Waals surface area contributed by atoms with E-state index in [4.69, 9.17) is 4.74 Å². The number of aromatic nitrogens is 3. The molecule has 0 unspecified atom stereocenters. The van der Waals surface area contributed by atoms with Crippen molar-refractivity contribution in [3.8, 4) is 17.1 Å². The van der Waals surface area contributed by atoms with E-state index >= 15 is 0 Å². The summed E-state index contributed by atoms with van der Waals surface area (Å²) in [7, 11) is 1.65. The predicted octanol–water partition coefficient (Wildman–Crippen LogP) is 4.72. The molecule has 1 amide bonds. The van der Waals surface area contributed by atoms with Crippen molar-refractivity contribution in [3.63, 3.8) is 0 Å². The highest BCUT2D eigenvalue weighted by molar-refractivity contribution is 7.99. The molecule has 0 saturated heterocycles. The lowest BCUT2D eigenvalue weighted by molar-refractivity contribution is -0.119. The van der Waals surface area contributed by atoms with Crippen LogP contribution >= 0.6 is 11.8 Å². The molecule has 30 heavy (non-hydrogen) atoms. The maximum absolute atomic E-state index is 12.5. The van der Waals surface area contributed by atoms with E-state index in [1.807, 2.05) is 61.5 Å². The molecule has 0 bridgehead atoms. The molecule has 0 spiro atoms. The number of nitrogens with one attached hydrogen (secondary N) is 1. The molecule has 0 saturated carbocycles. The molecular formula is C23H28N4O2S. The number of thioether (sulfide) groups is 1. The summed E-state index contributed by atoms with van der Waals surface area (Å²) < 4.78 is 7.34. The largest absolute Gasteiger partial charge is 0.497 e. The molecule has 0 aliphatic rings. The van der Waals surface area contributed by atoms with Crippen molar-refractivity contribution in [3.05, 3.63) is 60.2 Å². The third-order valence-corrected chi connectivity index (χ3v) is 5.78. The van der Waals surface area contributed by atoms with Crippen LogP contribution in [0.3, 0.4) is 0 Å². The zero-order valence-corrected chi connectivity index (χ0v) is 18.5. The van der Waals surface area contributed by atoms with E-state index in [1.54, 1.807) is 7.11 Å². The van der Waals surface area contributed by atoms with Gasteiger partial charge in [0.05, 0.1) is 18.9 Å². The van der Waals surface area contributed by atoms with Crippen LogP contribution in [0.5, 0.6) is 5.75 Å². The molecule has 1 atom stereocenters. The topological polar surface area (TPSA) is 69.0 Å². The van der Waals surface area contributed by atoms with Gasteiger partial charge in [-0.25, -0.2) is 0 Å². The van der Waals surface area contributed by atoms with Crippen LogP contribution in [0, 0.1) is 0 Å². The van der Waals surface area contributed by atoms with Gasteiger partial charge in [-0.3, -0.25) is 4.79 Å². The summed E-state index contributed by atoms with van der Waals surface area (Å²) in [6.45, 7) is 4.96. The number of rotatable bonds is 10. The minimum atomic E-state index is -0.0351. The second-order valence-corrected chi connectivity index (χ2v) is 7.97. The zero-order valence-electron chi connectivity index (χ0n) is 17.7. The Kier molecular flexibility index (Phi) is 7.90. The first-order valence-electron chi connectivity index (χ1n) is 10.2. The first-order valence-corrected chi connectivity index (χ1v) is 11.2. The summed E-state index contributed by atoms with van der Waals surface area (Å²) in [5, 5.41) is 12.6. The average Bonchev–Trinajstić information content (AvgIpc) is 3.19. The number of amides is 1. The number of nitrogens with zero attached hydrogens (tertiary/aromatic N) is 3. The maximum Gasteiger partial charge on any atom is 0.230 e. The van der Waals surface area contributed by atoms with Gasteiger partial charge in [0.25, 0.3) is 0 Å². The highest BCUT2D eigenvalue weighted by Gasteiger charge is 2.16. The highest BCUT2D eigenvalue weighted by Crippen LogP contribution is 2.26. The lowest BCUT2D eigenvalue weighted by atomic mass is 10.1. The van der Waals surface area contributed by atoms with Crippen LogP contribution in [-0.2, 0) is 11.3 Å². The van der Waals surface area contributed by atoms with Gasteiger partial charge in [0.1, 0.15) is 5.75 Å². The van der Waals surface area contributed by atoms with Crippen molar-refractivity contribution >= 4 is 17.7 Å². The van der Waals surface area contributed by atoms with Crippen molar-refractivity contribution < 1.29 is 9.53 Å². The Morgan fingerprint density at radius 1 is 1.13 bits per heavy atom. The van der Waals surface area contributed by atoms with E-state index in [1.165, 1.54) is 11.8 Å². The van der Waals surface area contributed by atoms with Crippen molar-refractivity contribution in [1.29, 1.82) is 0 Å². The molecule has 158 valence electrons. The van der Waals surface area contributed by atoms with Crippen LogP contribution in [0.4, 0.5) is 0 Å². The summed E-state index contributed by atoms with van der Waals surface area (Å²) in [6.07, 6.45) is 2.09. The highest BCUT2D eigenvalue weighted by atomic mass is 32.2. The molecule has 7 heteroatoms. The Morgan fingerprint density at radius 2 is 1.87 bits per heavy atom. The van der Waals surface area contributed by atoms with Gasteiger partial charge in [-0.1, -0.05) is 55.4 Å². The maximum atomic E-state index is 12.5. The fourth-order valence-corrected chi connectivity index (χ4v) is 3.88. The van der Waals surface area contributed by atoms with Gasteiger partial charge >= 0.3 is 0 Å². The van der Waals surface area contributed by atoms with Crippen molar-refractivity contribution in [1.82, 2.24) is 20.1 Å². The quantitative estimate of drug-likeness (QED) is 0.477. The van der Waals surface area contributed by atoms with Gasteiger partial charge in [-0.2, -0.15) is 0 Å². The van der Waals surface area contributed by atoms with E-state index in [0.29, 0.717) is 5.75 Å². The van der Waals surface area contributed by atoms with E-state index in [0.717, 1.165) is 47.2 Å². The number of carbonyl (C=O) groups is 1. The lowest BCUT2D eigenvalue weighted by Gasteiger charge is -2.14. The number of ether oxygens (including phenoxy) is 1. The summed E-state index contributed by atoms with van der Waals surface area (Å²) >= 11 is 1.42. The Bertz CT molecular complexity index is 942. The first-order chi connectivity index (χ1) is 14.6. The number of benzene rings is 2. The van der Waals surface area contributed by atoms with Crippen LogP contribution in [0.25, 0.3) is 11.4 Å². The molecule has 0 radical (unpaired) electrons. The lowest BCUT2D eigenvalue weighted by Crippen LogP contribution is -2.28. The molecule has 1 N–H and O–H groups in total. The zero-order chi connectivity index (χ0) is 21.3. The molecular weight excluding hydrogens is 396 g/mol. The number of carbonyl (C=O) groups excluding carboxylic acids is 1. The number of hydrogen-bond acceptors (Lipinski definition) is 5. The molecule has 1 aromatic heterocycles. The Hall–Kier alpha value is -2.80. The number of unbranched alkanes of at least 4 members (excludes halogenated alkanes) is 1. The Balaban J connectivity index is 1.68. The molecule has 3 aromatic rings. The average molecular weight is 425 g/mol. The van der Waals surface area contributed by atoms with Gasteiger partial charge < -0.3 is 14.6 Å². The van der Waals surface area contributed by atoms with Gasteiger partial charge in [-0.05, 0) is 43.2 Å². The van der Waals surface area contributed by atoms with Crippen molar-refractivity contribution in [2.24, 2.45) is 0 Å². The van der Waals surface area contributed by atoms with Crippen LogP contribution in [0.1, 0.15) is 38.3 Å². The monoisotopic (exact) mass is 424 g/mol. The van der Waals surface area contributed by atoms with Gasteiger partial charge in [0.15, 0.2) is 11.0 Å². The van der Waals surface area contributed by atoms with Gasteiger partial charge in [-0.15, -0.1) is 10.2 Å². The first kappa shape index (κ1) is 21.9. The summed E-state index contributed by atoms with van der Waals surface area (Å²) in [4.78, 5) is 12.5. The molecule has 0 aliphatic heterocycles.